The van der Waals surface area contributed by atoms with Gasteiger partial charge in [-0.05, 0) is 52.7 Å². The summed E-state index contributed by atoms with van der Waals surface area (Å²) < 4.78 is 6.41. The second-order valence-electron chi connectivity index (χ2n) is 4.71. The van der Waals surface area contributed by atoms with Crippen molar-refractivity contribution in [2.75, 3.05) is 5.32 Å². The number of carbonyl (C=O) groups excluding carboxylic acids is 1. The molecule has 0 fully saturated rings. The van der Waals surface area contributed by atoms with Crippen molar-refractivity contribution in [3.8, 4) is 0 Å². The van der Waals surface area contributed by atoms with E-state index in [-0.39, 0.29) is 11.7 Å². The Kier molecular flexibility index (Phi) is 3.74. The number of hydrogen-bond donors (Lipinski definition) is 1. The van der Waals surface area contributed by atoms with Crippen molar-refractivity contribution < 1.29 is 9.21 Å². The molecule has 0 aliphatic rings. The molecule has 1 heterocycles. The first-order valence-corrected chi connectivity index (χ1v) is 7.47. The molecule has 0 saturated heterocycles. The standard InChI is InChI=1S/C16H11BrClNO2/c1-9-5-6-13(12(18)7-9)19-16(20)14-8-10-3-2-4-11(17)15(10)21-14/h2-8H,1H3,(H,19,20). The number of halogens is 2. The van der Waals surface area contributed by atoms with Crippen LogP contribution in [0.15, 0.2) is 51.4 Å². The Morgan fingerprint density at radius 2 is 2.05 bits per heavy atom. The molecule has 0 spiro atoms. The highest BCUT2D eigenvalue weighted by molar-refractivity contribution is 9.10. The second kappa shape index (κ2) is 5.54. The van der Waals surface area contributed by atoms with E-state index in [9.17, 15) is 4.79 Å². The fraction of sp³-hybridized carbons (Fsp3) is 0.0625. The molecule has 0 aliphatic carbocycles. The molecule has 3 aromatic rings. The first-order chi connectivity index (χ1) is 10.0. The summed E-state index contributed by atoms with van der Waals surface area (Å²) in [7, 11) is 0. The quantitative estimate of drug-likeness (QED) is 0.660. The molecule has 0 radical (unpaired) electrons. The van der Waals surface area contributed by atoms with Gasteiger partial charge in [0.2, 0.25) is 0 Å². The summed E-state index contributed by atoms with van der Waals surface area (Å²) in [4.78, 5) is 12.3. The zero-order valence-electron chi connectivity index (χ0n) is 11.1. The number of hydrogen-bond acceptors (Lipinski definition) is 2. The molecule has 0 unspecified atom stereocenters. The average Bonchev–Trinajstić information content (AvgIpc) is 2.87. The average molecular weight is 365 g/mol. The summed E-state index contributed by atoms with van der Waals surface area (Å²) in [6, 6.07) is 12.8. The predicted octanol–water partition coefficient (Wildman–Crippen LogP) is 5.41. The van der Waals surface area contributed by atoms with Crippen LogP contribution in [0.5, 0.6) is 0 Å². The molecule has 21 heavy (non-hydrogen) atoms. The highest BCUT2D eigenvalue weighted by Crippen LogP contribution is 2.28. The van der Waals surface area contributed by atoms with Gasteiger partial charge in [-0.1, -0.05) is 29.8 Å². The Hall–Kier alpha value is -1.78. The van der Waals surface area contributed by atoms with Gasteiger partial charge in [-0.25, -0.2) is 0 Å². The zero-order chi connectivity index (χ0) is 15.0. The minimum Gasteiger partial charge on any atom is -0.450 e. The van der Waals surface area contributed by atoms with Gasteiger partial charge < -0.3 is 9.73 Å². The summed E-state index contributed by atoms with van der Waals surface area (Å²) in [6.07, 6.45) is 0. The molecule has 0 saturated carbocycles. The number of benzene rings is 2. The van der Waals surface area contributed by atoms with Crippen LogP contribution < -0.4 is 5.32 Å². The molecule has 2 aromatic carbocycles. The van der Waals surface area contributed by atoms with E-state index in [0.717, 1.165) is 15.4 Å². The molecule has 1 N–H and O–H groups in total. The lowest BCUT2D eigenvalue weighted by molar-refractivity contribution is 0.0998. The lowest BCUT2D eigenvalue weighted by Gasteiger charge is -2.06. The molecule has 106 valence electrons. The minimum atomic E-state index is -0.330. The minimum absolute atomic E-state index is 0.244. The van der Waals surface area contributed by atoms with E-state index < -0.39 is 0 Å². The molecular weight excluding hydrogens is 354 g/mol. The van der Waals surface area contributed by atoms with E-state index in [0.29, 0.717) is 16.3 Å². The van der Waals surface area contributed by atoms with E-state index in [1.165, 1.54) is 0 Å². The lowest BCUT2D eigenvalue weighted by atomic mass is 10.2. The molecular formula is C16H11BrClNO2. The van der Waals surface area contributed by atoms with Crippen molar-refractivity contribution in [1.29, 1.82) is 0 Å². The van der Waals surface area contributed by atoms with Crippen molar-refractivity contribution in [1.82, 2.24) is 0 Å². The molecule has 5 heteroatoms. The van der Waals surface area contributed by atoms with Crippen molar-refractivity contribution in [2.45, 2.75) is 6.92 Å². The molecule has 3 nitrogen and oxygen atoms in total. The zero-order valence-corrected chi connectivity index (χ0v) is 13.5. The van der Waals surface area contributed by atoms with Gasteiger partial charge in [0, 0.05) is 5.39 Å². The number of fused-ring (bicyclic) bond motifs is 1. The van der Waals surface area contributed by atoms with Gasteiger partial charge in [0.15, 0.2) is 5.76 Å². The van der Waals surface area contributed by atoms with Crippen LogP contribution in [0, 0.1) is 6.92 Å². The largest absolute Gasteiger partial charge is 0.450 e. The van der Waals surface area contributed by atoms with Crippen LogP contribution in [0.1, 0.15) is 16.1 Å². The third-order valence-corrected chi connectivity index (χ3v) is 4.03. The summed E-state index contributed by atoms with van der Waals surface area (Å²) in [5.74, 6) is -0.0857. The van der Waals surface area contributed by atoms with Gasteiger partial charge in [-0.3, -0.25) is 4.79 Å². The Labute approximate surface area is 135 Å². The maximum atomic E-state index is 12.3. The number of para-hydroxylation sites is 1. The third kappa shape index (κ3) is 2.82. The van der Waals surface area contributed by atoms with E-state index in [1.807, 2.05) is 31.2 Å². The number of nitrogens with one attached hydrogen (secondary N) is 1. The molecule has 0 bridgehead atoms. The van der Waals surface area contributed by atoms with Crippen LogP contribution in [0.4, 0.5) is 5.69 Å². The number of anilines is 1. The van der Waals surface area contributed by atoms with Crippen molar-refractivity contribution in [3.63, 3.8) is 0 Å². The van der Waals surface area contributed by atoms with E-state index in [2.05, 4.69) is 21.2 Å². The monoisotopic (exact) mass is 363 g/mol. The van der Waals surface area contributed by atoms with Crippen LogP contribution in [-0.2, 0) is 0 Å². The summed E-state index contributed by atoms with van der Waals surface area (Å²) in [5, 5.41) is 4.12. The summed E-state index contributed by atoms with van der Waals surface area (Å²) >= 11 is 9.51. The number of carbonyl (C=O) groups is 1. The van der Waals surface area contributed by atoms with Crippen LogP contribution in [0.2, 0.25) is 5.02 Å². The summed E-state index contributed by atoms with van der Waals surface area (Å²) in [5.41, 5.74) is 2.25. The van der Waals surface area contributed by atoms with Gasteiger partial charge >= 0.3 is 0 Å². The number of aryl methyl sites for hydroxylation is 1. The molecule has 3 rings (SSSR count). The number of rotatable bonds is 2. The molecule has 0 aliphatic heterocycles. The van der Waals surface area contributed by atoms with E-state index in [4.69, 9.17) is 16.0 Å². The van der Waals surface area contributed by atoms with Crippen molar-refractivity contribution >= 4 is 50.1 Å². The molecule has 0 atom stereocenters. The molecule has 1 aromatic heterocycles. The maximum absolute atomic E-state index is 12.3. The first-order valence-electron chi connectivity index (χ1n) is 6.30. The van der Waals surface area contributed by atoms with E-state index in [1.54, 1.807) is 18.2 Å². The smallest absolute Gasteiger partial charge is 0.291 e. The molecule has 1 amide bonds. The Balaban J connectivity index is 1.92. The summed E-state index contributed by atoms with van der Waals surface area (Å²) in [6.45, 7) is 1.94. The maximum Gasteiger partial charge on any atom is 0.291 e. The van der Waals surface area contributed by atoms with Gasteiger partial charge in [0.05, 0.1) is 15.2 Å². The van der Waals surface area contributed by atoms with Crippen LogP contribution in [-0.4, -0.2) is 5.91 Å². The SMILES string of the molecule is Cc1ccc(NC(=O)c2cc3cccc(Br)c3o2)c(Cl)c1. The fourth-order valence-electron chi connectivity index (χ4n) is 2.04. The normalized spacial score (nSPS) is 10.8. The highest BCUT2D eigenvalue weighted by Gasteiger charge is 2.15. The van der Waals surface area contributed by atoms with Gasteiger partial charge in [-0.2, -0.15) is 0 Å². The van der Waals surface area contributed by atoms with Gasteiger partial charge in [0.25, 0.3) is 5.91 Å². The number of amides is 1. The highest BCUT2D eigenvalue weighted by atomic mass is 79.9. The second-order valence-corrected chi connectivity index (χ2v) is 5.97. The van der Waals surface area contributed by atoms with Crippen LogP contribution in [0.25, 0.3) is 11.0 Å². The van der Waals surface area contributed by atoms with Gasteiger partial charge in [-0.15, -0.1) is 0 Å². The number of furan rings is 1. The van der Waals surface area contributed by atoms with Crippen molar-refractivity contribution in [3.05, 3.63) is 63.3 Å². The fourth-order valence-corrected chi connectivity index (χ4v) is 2.79. The Morgan fingerprint density at radius 1 is 1.24 bits per heavy atom. The Bertz CT molecular complexity index is 841. The lowest BCUT2D eigenvalue weighted by Crippen LogP contribution is -2.11. The van der Waals surface area contributed by atoms with Crippen LogP contribution >= 0.6 is 27.5 Å². The topological polar surface area (TPSA) is 42.2 Å². The van der Waals surface area contributed by atoms with E-state index >= 15 is 0 Å². The third-order valence-electron chi connectivity index (χ3n) is 3.09. The van der Waals surface area contributed by atoms with Gasteiger partial charge in [0.1, 0.15) is 5.58 Å². The van der Waals surface area contributed by atoms with Crippen LogP contribution in [0.3, 0.4) is 0 Å². The predicted molar refractivity (Wildman–Crippen MR) is 88.1 cm³/mol. The first kappa shape index (κ1) is 14.2. The Morgan fingerprint density at radius 3 is 2.76 bits per heavy atom. The van der Waals surface area contributed by atoms with Crippen molar-refractivity contribution in [2.24, 2.45) is 0 Å².